The van der Waals surface area contributed by atoms with E-state index < -0.39 is 0 Å². The van der Waals surface area contributed by atoms with Crippen molar-refractivity contribution in [2.45, 2.75) is 20.3 Å². The van der Waals surface area contributed by atoms with Crippen LogP contribution in [0.2, 0.25) is 5.02 Å². The van der Waals surface area contributed by atoms with Gasteiger partial charge in [-0.2, -0.15) is 0 Å². The summed E-state index contributed by atoms with van der Waals surface area (Å²) in [5.41, 5.74) is 3.36. The third-order valence-corrected chi connectivity index (χ3v) is 3.13. The predicted molar refractivity (Wildman–Crippen MR) is 65.1 cm³/mol. The SMILES string of the molecule is CNCCc1cc(C)c(Cl)c(C)c1OC. The van der Waals surface area contributed by atoms with Crippen molar-refractivity contribution in [1.82, 2.24) is 5.32 Å². The van der Waals surface area contributed by atoms with Gasteiger partial charge in [0.25, 0.3) is 0 Å². The van der Waals surface area contributed by atoms with Crippen molar-refractivity contribution in [3.05, 3.63) is 27.8 Å². The lowest BCUT2D eigenvalue weighted by Crippen LogP contribution is -2.11. The average Bonchev–Trinajstić information content (AvgIpc) is 2.23. The Morgan fingerprint density at radius 1 is 1.40 bits per heavy atom. The van der Waals surface area contributed by atoms with E-state index in [1.54, 1.807) is 7.11 Å². The van der Waals surface area contributed by atoms with Crippen LogP contribution in [0.4, 0.5) is 0 Å². The first-order chi connectivity index (χ1) is 7.11. The van der Waals surface area contributed by atoms with Crippen LogP contribution in [0.25, 0.3) is 0 Å². The Labute approximate surface area is 96.6 Å². The number of methoxy groups -OCH3 is 1. The number of aryl methyl sites for hydroxylation is 1. The van der Waals surface area contributed by atoms with Gasteiger partial charge in [-0.3, -0.25) is 0 Å². The molecule has 0 spiro atoms. The van der Waals surface area contributed by atoms with Gasteiger partial charge in [-0.05, 0) is 45.0 Å². The van der Waals surface area contributed by atoms with Crippen LogP contribution >= 0.6 is 11.6 Å². The topological polar surface area (TPSA) is 21.3 Å². The van der Waals surface area contributed by atoms with Crippen molar-refractivity contribution in [2.24, 2.45) is 0 Å². The quantitative estimate of drug-likeness (QED) is 0.854. The Hall–Kier alpha value is -0.730. The van der Waals surface area contributed by atoms with Gasteiger partial charge in [0.1, 0.15) is 5.75 Å². The number of hydrogen-bond donors (Lipinski definition) is 1. The molecule has 0 atom stereocenters. The number of nitrogens with one attached hydrogen (secondary N) is 1. The van der Waals surface area contributed by atoms with Crippen LogP contribution in [0.5, 0.6) is 5.75 Å². The van der Waals surface area contributed by atoms with Crippen LogP contribution in [0, 0.1) is 13.8 Å². The highest BCUT2D eigenvalue weighted by atomic mass is 35.5. The number of rotatable bonds is 4. The predicted octanol–water partition coefficient (Wildman–Crippen LogP) is 2.73. The number of hydrogen-bond acceptors (Lipinski definition) is 2. The molecule has 3 heteroatoms. The fraction of sp³-hybridized carbons (Fsp3) is 0.500. The zero-order chi connectivity index (χ0) is 11.4. The second-order valence-electron chi connectivity index (χ2n) is 3.68. The fourth-order valence-electron chi connectivity index (χ4n) is 1.76. The van der Waals surface area contributed by atoms with Crippen LogP contribution < -0.4 is 10.1 Å². The maximum Gasteiger partial charge on any atom is 0.126 e. The molecule has 0 amide bonds. The van der Waals surface area contributed by atoms with Crippen LogP contribution in [0.3, 0.4) is 0 Å². The summed E-state index contributed by atoms with van der Waals surface area (Å²) < 4.78 is 5.40. The van der Waals surface area contributed by atoms with Crippen molar-refractivity contribution in [3.63, 3.8) is 0 Å². The van der Waals surface area contributed by atoms with E-state index in [1.807, 2.05) is 20.9 Å². The second-order valence-corrected chi connectivity index (χ2v) is 4.06. The molecule has 0 saturated carbocycles. The molecule has 1 rings (SSSR count). The minimum absolute atomic E-state index is 0.806. The highest BCUT2D eigenvalue weighted by molar-refractivity contribution is 6.32. The van der Waals surface area contributed by atoms with E-state index in [0.717, 1.165) is 34.9 Å². The van der Waals surface area contributed by atoms with Gasteiger partial charge in [0.05, 0.1) is 12.1 Å². The molecule has 0 bridgehead atoms. The Balaban J connectivity index is 3.13. The molecule has 0 saturated heterocycles. The third-order valence-electron chi connectivity index (χ3n) is 2.55. The van der Waals surface area contributed by atoms with Crippen molar-refractivity contribution in [3.8, 4) is 5.75 Å². The molecular formula is C12H18ClNO. The first-order valence-corrected chi connectivity index (χ1v) is 5.46. The number of likely N-dealkylation sites (N-methyl/N-ethyl adjacent to an activating group) is 1. The maximum absolute atomic E-state index is 6.17. The van der Waals surface area contributed by atoms with E-state index in [4.69, 9.17) is 16.3 Å². The molecule has 0 aliphatic carbocycles. The smallest absolute Gasteiger partial charge is 0.126 e. The van der Waals surface area contributed by atoms with E-state index in [2.05, 4.69) is 11.4 Å². The molecule has 0 radical (unpaired) electrons. The molecule has 0 heterocycles. The molecule has 15 heavy (non-hydrogen) atoms. The lowest BCUT2D eigenvalue weighted by Gasteiger charge is -2.14. The summed E-state index contributed by atoms with van der Waals surface area (Å²) in [5, 5.41) is 3.94. The van der Waals surface area contributed by atoms with Gasteiger partial charge in [0, 0.05) is 5.56 Å². The van der Waals surface area contributed by atoms with Gasteiger partial charge in [0.2, 0.25) is 0 Å². The fourth-order valence-corrected chi connectivity index (χ4v) is 1.90. The summed E-state index contributed by atoms with van der Waals surface area (Å²) in [6.07, 6.45) is 0.957. The van der Waals surface area contributed by atoms with E-state index in [9.17, 15) is 0 Å². The van der Waals surface area contributed by atoms with E-state index in [-0.39, 0.29) is 0 Å². The van der Waals surface area contributed by atoms with Crippen molar-refractivity contribution < 1.29 is 4.74 Å². The Morgan fingerprint density at radius 3 is 2.60 bits per heavy atom. The summed E-state index contributed by atoms with van der Waals surface area (Å²) in [4.78, 5) is 0. The van der Waals surface area contributed by atoms with Crippen molar-refractivity contribution >= 4 is 11.6 Å². The van der Waals surface area contributed by atoms with Crippen molar-refractivity contribution in [2.75, 3.05) is 20.7 Å². The normalized spacial score (nSPS) is 10.5. The minimum atomic E-state index is 0.806. The van der Waals surface area contributed by atoms with Crippen LogP contribution in [0.1, 0.15) is 16.7 Å². The zero-order valence-electron chi connectivity index (χ0n) is 9.78. The van der Waals surface area contributed by atoms with Gasteiger partial charge in [-0.15, -0.1) is 0 Å². The number of ether oxygens (including phenoxy) is 1. The first kappa shape index (κ1) is 12.3. The monoisotopic (exact) mass is 227 g/mol. The van der Waals surface area contributed by atoms with Crippen LogP contribution in [-0.4, -0.2) is 20.7 Å². The highest BCUT2D eigenvalue weighted by Crippen LogP contribution is 2.32. The molecule has 84 valence electrons. The molecule has 0 unspecified atom stereocenters. The molecule has 1 aromatic rings. The van der Waals surface area contributed by atoms with Gasteiger partial charge in [0.15, 0.2) is 0 Å². The first-order valence-electron chi connectivity index (χ1n) is 5.09. The van der Waals surface area contributed by atoms with Crippen LogP contribution in [-0.2, 0) is 6.42 Å². The lowest BCUT2D eigenvalue weighted by atomic mass is 10.0. The number of benzene rings is 1. The van der Waals surface area contributed by atoms with E-state index in [0.29, 0.717) is 0 Å². The Kier molecular flexibility index (Phi) is 4.43. The Morgan fingerprint density at radius 2 is 2.07 bits per heavy atom. The zero-order valence-corrected chi connectivity index (χ0v) is 10.5. The summed E-state index contributed by atoms with van der Waals surface area (Å²) >= 11 is 6.17. The molecule has 0 aliphatic heterocycles. The second kappa shape index (κ2) is 5.38. The lowest BCUT2D eigenvalue weighted by molar-refractivity contribution is 0.406. The summed E-state index contributed by atoms with van der Waals surface area (Å²) in [7, 11) is 3.64. The molecule has 0 aromatic heterocycles. The molecule has 2 nitrogen and oxygen atoms in total. The largest absolute Gasteiger partial charge is 0.496 e. The molecule has 1 N–H and O–H groups in total. The third kappa shape index (κ3) is 2.64. The maximum atomic E-state index is 6.17. The number of halogens is 1. The van der Waals surface area contributed by atoms with E-state index >= 15 is 0 Å². The highest BCUT2D eigenvalue weighted by Gasteiger charge is 2.11. The average molecular weight is 228 g/mol. The van der Waals surface area contributed by atoms with Gasteiger partial charge >= 0.3 is 0 Å². The molecule has 1 aromatic carbocycles. The molecule has 0 aliphatic rings. The van der Waals surface area contributed by atoms with Gasteiger partial charge in [-0.1, -0.05) is 17.7 Å². The summed E-state index contributed by atoms with van der Waals surface area (Å²) in [5.74, 6) is 0.917. The van der Waals surface area contributed by atoms with Gasteiger partial charge in [-0.25, -0.2) is 0 Å². The van der Waals surface area contributed by atoms with Gasteiger partial charge < -0.3 is 10.1 Å². The van der Waals surface area contributed by atoms with Crippen molar-refractivity contribution in [1.29, 1.82) is 0 Å². The summed E-state index contributed by atoms with van der Waals surface area (Å²) in [6.45, 7) is 4.96. The van der Waals surface area contributed by atoms with E-state index in [1.165, 1.54) is 5.56 Å². The minimum Gasteiger partial charge on any atom is -0.496 e. The molecule has 0 fully saturated rings. The van der Waals surface area contributed by atoms with Crippen LogP contribution in [0.15, 0.2) is 6.07 Å². The summed E-state index contributed by atoms with van der Waals surface area (Å²) in [6, 6.07) is 2.10. The standard InChI is InChI=1S/C12H18ClNO/c1-8-7-10(5-6-14-3)12(15-4)9(2)11(8)13/h7,14H,5-6H2,1-4H3. The Bertz CT molecular complexity index is 350. The molecular weight excluding hydrogens is 210 g/mol.